The van der Waals surface area contributed by atoms with Gasteiger partial charge in [-0.2, -0.15) is 13.2 Å². The number of benzene rings is 2. The maximum atomic E-state index is 13.3. The number of halogens is 3. The van der Waals surface area contributed by atoms with Crippen LogP contribution in [0.1, 0.15) is 12.8 Å². The lowest BCUT2D eigenvalue weighted by Gasteiger charge is -2.34. The first-order valence-corrected chi connectivity index (χ1v) is 11.6. The number of thioether (sulfide) groups is 1. The number of sulfone groups is 1. The molecule has 2 aromatic carbocycles. The first-order chi connectivity index (χ1) is 14.6. The number of carbonyl (C=O) groups is 1. The molecule has 3 rings (SSSR count). The second-order valence-electron chi connectivity index (χ2n) is 6.78. The Labute approximate surface area is 182 Å². The molecular formula is C20H20F3NO5S2. The third-order valence-corrected chi connectivity index (χ3v) is 8.14. The van der Waals surface area contributed by atoms with Gasteiger partial charge in [0.05, 0.1) is 4.90 Å². The van der Waals surface area contributed by atoms with E-state index in [0.29, 0.717) is 11.5 Å². The van der Waals surface area contributed by atoms with Crippen molar-refractivity contribution in [2.45, 2.75) is 32.9 Å². The molecule has 0 aliphatic carbocycles. The highest BCUT2D eigenvalue weighted by atomic mass is 32.2. The van der Waals surface area contributed by atoms with Crippen LogP contribution in [0.3, 0.4) is 0 Å². The molecule has 0 aromatic heterocycles. The molecule has 31 heavy (non-hydrogen) atoms. The lowest BCUT2D eigenvalue weighted by molar-refractivity contribution is -0.125. The van der Waals surface area contributed by atoms with Crippen molar-refractivity contribution in [3.8, 4) is 11.5 Å². The van der Waals surface area contributed by atoms with Gasteiger partial charge in [-0.3, -0.25) is 4.79 Å². The molecule has 1 N–H and O–H groups in total. The lowest BCUT2D eigenvalue weighted by Crippen LogP contribution is -2.54. The van der Waals surface area contributed by atoms with Crippen molar-refractivity contribution in [2.24, 2.45) is 0 Å². The number of nitrogens with one attached hydrogen (secondary N) is 1. The van der Waals surface area contributed by atoms with Gasteiger partial charge in [-0.25, -0.2) is 8.42 Å². The molecule has 0 spiro atoms. The fraction of sp³-hybridized carbons (Fsp3) is 0.350. The zero-order valence-electron chi connectivity index (χ0n) is 16.4. The number of amides is 1. The molecule has 1 amide bonds. The van der Waals surface area contributed by atoms with Crippen LogP contribution in [0.15, 0.2) is 58.3 Å². The van der Waals surface area contributed by atoms with Crippen LogP contribution in [0.4, 0.5) is 13.2 Å². The largest absolute Gasteiger partial charge is 0.457 e. The van der Waals surface area contributed by atoms with Crippen LogP contribution < -0.4 is 10.1 Å². The Morgan fingerprint density at radius 1 is 1.03 bits per heavy atom. The minimum Gasteiger partial charge on any atom is -0.457 e. The molecule has 0 bridgehead atoms. The van der Waals surface area contributed by atoms with Crippen LogP contribution in [0, 0.1) is 0 Å². The molecule has 6 nitrogen and oxygen atoms in total. The van der Waals surface area contributed by atoms with E-state index in [2.05, 4.69) is 5.32 Å². The summed E-state index contributed by atoms with van der Waals surface area (Å²) in [7, 11) is -2.61. The fourth-order valence-electron chi connectivity index (χ4n) is 3.30. The summed E-state index contributed by atoms with van der Waals surface area (Å²) in [5, 5.41) is 2.44. The molecule has 1 aliphatic rings. The van der Waals surface area contributed by atoms with Gasteiger partial charge < -0.3 is 14.8 Å². The monoisotopic (exact) mass is 475 g/mol. The Hall–Kier alpha value is -2.24. The molecule has 1 fully saturated rings. The summed E-state index contributed by atoms with van der Waals surface area (Å²) < 4.78 is 73.0. The quantitative estimate of drug-likeness (QED) is 0.632. The average molecular weight is 476 g/mol. The van der Waals surface area contributed by atoms with E-state index in [0.717, 1.165) is 0 Å². The van der Waals surface area contributed by atoms with Crippen LogP contribution in [0.25, 0.3) is 0 Å². The smallest absolute Gasteiger partial charge is 0.446 e. The molecule has 0 atom stereocenters. The molecule has 0 radical (unpaired) electrons. The Bertz CT molecular complexity index is 1020. The summed E-state index contributed by atoms with van der Waals surface area (Å²) in [4.78, 5) is 12.5. The van der Waals surface area contributed by atoms with E-state index in [1.807, 2.05) is 0 Å². The summed E-state index contributed by atoms with van der Waals surface area (Å²) >= 11 is -0.226. The second kappa shape index (κ2) is 9.09. The summed E-state index contributed by atoms with van der Waals surface area (Å²) in [5.74, 6) is 0.0254. The van der Waals surface area contributed by atoms with Crippen LogP contribution in [-0.2, 0) is 19.4 Å². The van der Waals surface area contributed by atoms with E-state index >= 15 is 0 Å². The minimum atomic E-state index is -4.37. The molecule has 1 aliphatic heterocycles. The minimum absolute atomic E-state index is 0.0252. The van der Waals surface area contributed by atoms with E-state index < -0.39 is 26.0 Å². The first-order valence-electron chi connectivity index (χ1n) is 9.26. The lowest BCUT2D eigenvalue weighted by atomic mass is 9.98. The molecule has 2 aromatic rings. The van der Waals surface area contributed by atoms with Crippen molar-refractivity contribution >= 4 is 27.5 Å². The van der Waals surface area contributed by atoms with Gasteiger partial charge in [-0.15, -0.1) is 0 Å². The Balaban J connectivity index is 1.78. The summed E-state index contributed by atoms with van der Waals surface area (Å²) in [6, 6.07) is 10.9. The number of hydrogen-bond acceptors (Lipinski definition) is 6. The van der Waals surface area contributed by atoms with Crippen molar-refractivity contribution in [1.29, 1.82) is 0 Å². The van der Waals surface area contributed by atoms with E-state index in [1.165, 1.54) is 55.6 Å². The molecule has 168 valence electrons. The maximum absolute atomic E-state index is 13.3. The van der Waals surface area contributed by atoms with Crippen LogP contribution in [0.2, 0.25) is 0 Å². The van der Waals surface area contributed by atoms with Gasteiger partial charge in [-0.1, -0.05) is 0 Å². The van der Waals surface area contributed by atoms with E-state index in [9.17, 15) is 26.4 Å². The molecular weight excluding hydrogens is 455 g/mol. The van der Waals surface area contributed by atoms with E-state index in [4.69, 9.17) is 9.47 Å². The third kappa shape index (κ3) is 5.16. The normalized spacial score (nSPS) is 16.5. The Morgan fingerprint density at radius 3 is 2.03 bits per heavy atom. The topological polar surface area (TPSA) is 81.7 Å². The van der Waals surface area contributed by atoms with Crippen molar-refractivity contribution in [3.05, 3.63) is 48.5 Å². The van der Waals surface area contributed by atoms with Gasteiger partial charge in [0.2, 0.25) is 5.91 Å². The summed E-state index contributed by atoms with van der Waals surface area (Å²) in [5.41, 5.74) is -4.37. The molecule has 0 unspecified atom stereocenters. The highest BCUT2D eigenvalue weighted by Gasteiger charge is 2.51. The van der Waals surface area contributed by atoms with Gasteiger partial charge in [-0.05, 0) is 73.1 Å². The Morgan fingerprint density at radius 2 is 1.55 bits per heavy atom. The number of hydrogen-bond donors (Lipinski definition) is 1. The average Bonchev–Trinajstić information content (AvgIpc) is 2.74. The third-order valence-electron chi connectivity index (χ3n) is 4.88. The standard InChI is InChI=1S/C20H20F3NO5S2/c1-24-18(25)19(10-12-28-13-11-19)31(26,27)17-8-4-15(5-9-17)29-14-2-6-16(7-3-14)30-20(21,22)23/h2-9H,10-13H2,1H3,(H,24,25). The first kappa shape index (κ1) is 23.4. The van der Waals surface area contributed by atoms with Crippen molar-refractivity contribution in [3.63, 3.8) is 0 Å². The van der Waals surface area contributed by atoms with Crippen LogP contribution >= 0.6 is 11.8 Å². The molecule has 11 heteroatoms. The molecule has 0 saturated carbocycles. The van der Waals surface area contributed by atoms with Crippen molar-refractivity contribution < 1.29 is 35.9 Å². The van der Waals surface area contributed by atoms with Gasteiger partial charge in [0.15, 0.2) is 14.6 Å². The number of rotatable bonds is 6. The zero-order valence-corrected chi connectivity index (χ0v) is 18.1. The fourth-order valence-corrected chi connectivity index (χ4v) is 5.84. The second-order valence-corrected chi connectivity index (χ2v) is 10.2. The predicted molar refractivity (Wildman–Crippen MR) is 109 cm³/mol. The van der Waals surface area contributed by atoms with Crippen LogP contribution in [-0.4, -0.2) is 44.8 Å². The van der Waals surface area contributed by atoms with Crippen molar-refractivity contribution in [1.82, 2.24) is 5.32 Å². The van der Waals surface area contributed by atoms with Gasteiger partial charge in [0.25, 0.3) is 0 Å². The Kier molecular flexibility index (Phi) is 6.87. The van der Waals surface area contributed by atoms with Gasteiger partial charge in [0, 0.05) is 25.2 Å². The maximum Gasteiger partial charge on any atom is 0.446 e. The number of alkyl halides is 3. The van der Waals surface area contributed by atoms with E-state index in [1.54, 1.807) is 0 Å². The summed E-state index contributed by atoms with van der Waals surface area (Å²) in [6.45, 7) is 0.326. The SMILES string of the molecule is CNC(=O)C1(S(=O)(=O)c2ccc(Oc3ccc(SC(F)(F)F)cc3)cc2)CCOCC1. The zero-order chi connectivity index (χ0) is 22.7. The molecule has 1 saturated heterocycles. The van der Waals surface area contributed by atoms with Crippen LogP contribution in [0.5, 0.6) is 11.5 Å². The predicted octanol–water partition coefficient (Wildman–Crippen LogP) is 4.16. The van der Waals surface area contributed by atoms with Gasteiger partial charge >= 0.3 is 5.51 Å². The number of carbonyl (C=O) groups excluding carboxylic acids is 1. The van der Waals surface area contributed by atoms with Crippen molar-refractivity contribution in [2.75, 3.05) is 20.3 Å². The number of ether oxygens (including phenoxy) is 2. The summed E-state index contributed by atoms with van der Waals surface area (Å²) in [6.07, 6.45) is 0.102. The molecule has 1 heterocycles. The van der Waals surface area contributed by atoms with Gasteiger partial charge in [0.1, 0.15) is 11.5 Å². The van der Waals surface area contributed by atoms with E-state index in [-0.39, 0.29) is 47.6 Å². The highest BCUT2D eigenvalue weighted by Crippen LogP contribution is 2.38. The highest BCUT2D eigenvalue weighted by molar-refractivity contribution is 8.00.